The molecule has 604 valence electrons. The number of aliphatic carboxylic acids is 1. The van der Waals surface area contributed by atoms with Gasteiger partial charge in [-0.3, -0.25) is 58.1 Å². The molecule has 0 aliphatic rings. The minimum Gasteiger partial charge on any atom is -0.508 e. The molecule has 11 amide bonds. The van der Waals surface area contributed by atoms with Gasteiger partial charge in [0.2, 0.25) is 65.0 Å². The van der Waals surface area contributed by atoms with Crippen molar-refractivity contribution < 1.29 is 83.1 Å². The van der Waals surface area contributed by atoms with Crippen LogP contribution >= 0.6 is 25.3 Å². The summed E-state index contributed by atoms with van der Waals surface area (Å²) in [6.45, 7) is 1.49. The molecule has 6 rings (SSSR count). The monoisotopic (exact) mass is 1590 g/mol. The number of guanidine groups is 1. The van der Waals surface area contributed by atoms with Crippen LogP contribution in [0.2, 0.25) is 0 Å². The Balaban J connectivity index is 1.31. The second-order valence-electron chi connectivity index (χ2n) is 26.8. The van der Waals surface area contributed by atoms with Gasteiger partial charge in [-0.25, -0.2) is 4.79 Å². The first-order chi connectivity index (χ1) is 53.5. The predicted molar refractivity (Wildman–Crippen MR) is 421 cm³/mol. The van der Waals surface area contributed by atoms with E-state index in [1.807, 2.05) is 0 Å². The number of unbranched alkanes of at least 4 members (excludes halogenated alkanes) is 1. The van der Waals surface area contributed by atoms with Gasteiger partial charge in [0.05, 0.1) is 24.9 Å². The number of aromatic nitrogens is 1. The summed E-state index contributed by atoms with van der Waals surface area (Å²) in [7, 11) is 0. The number of para-hydroxylation sites is 1. The van der Waals surface area contributed by atoms with E-state index in [0.717, 1.165) is 13.8 Å². The molecule has 0 spiro atoms. The van der Waals surface area contributed by atoms with Crippen molar-refractivity contribution in [2.24, 2.45) is 17.2 Å². The molecule has 0 aliphatic heterocycles. The molecular formula is C76H101N17O17S2. The van der Waals surface area contributed by atoms with Gasteiger partial charge < -0.3 is 112 Å². The third kappa shape index (κ3) is 28.9. The number of carboxylic acids is 1. The Morgan fingerprint density at radius 2 is 0.795 bits per heavy atom. The molecule has 0 bridgehead atoms. The fraction of sp³-hybridized carbons (Fsp3) is 0.408. The van der Waals surface area contributed by atoms with E-state index in [1.165, 1.54) is 24.3 Å². The van der Waals surface area contributed by atoms with Crippen LogP contribution in [0.4, 0.5) is 0 Å². The number of carbonyl (C=O) groups excluding carboxylic acids is 11. The maximum absolute atomic E-state index is 15.4. The van der Waals surface area contributed by atoms with Crippen LogP contribution in [-0.4, -0.2) is 223 Å². The zero-order valence-electron chi connectivity index (χ0n) is 61.8. The number of aliphatic hydroxyl groups is 3. The number of fused-ring (bicyclic) bond motifs is 1. The number of carbonyl (C=O) groups is 12. The highest BCUT2D eigenvalue weighted by Gasteiger charge is 2.39. The Hall–Kier alpha value is -11.1. The maximum atomic E-state index is 15.4. The number of aliphatic hydroxyl groups excluding tert-OH is 3. The standard InChI is InChI=1S/C76H101N17O17S2/c1-42(95)62(73(107)89-58(35-46-21-10-5-11-22-46)71(105)93-63(43(2)96)74(108)90-60(39-94)72(106)91-61(41-112)75(109)110)92-66(100)53(25-14-15-31-77)84-70(104)59(37-48-38-82-52-24-13-12-23-50(48)52)88-69(103)56(34-45-19-8-4-9-20-45)87-67(101)55(33-44-17-6-3-7-18-44)86-68(102)57(36-47-27-29-49(97)30-28-47)85-65(99)54(26-16-32-81-76(79)80)83-64(98)51(78)40-111/h3-13,17-24,27-30,38,42-43,51,53-63,82,94-97,111-112H,14-16,25-26,31-37,39-41,77-78H2,1-2H3,(H,83,98)(H,84,104)(H,85,99)(H,86,102)(H,87,101)(H,88,103)(H,89,107)(H,90,108)(H,91,106)(H,92,100)(H,93,105)(H,109,110)(H4,79,80,81)/t42-,43-,51+,53+,54+,55+,56+,57+,58+,59-,60+,61+,62+,63+/m1/s1. The molecule has 0 saturated heterocycles. The number of aromatic amines is 1. The van der Waals surface area contributed by atoms with Gasteiger partial charge >= 0.3 is 5.97 Å². The molecule has 112 heavy (non-hydrogen) atoms. The van der Waals surface area contributed by atoms with Crippen molar-refractivity contribution in [2.75, 3.05) is 31.2 Å². The largest absolute Gasteiger partial charge is 0.508 e. The molecule has 14 atom stereocenters. The SMILES string of the molecule is C[C@@H](O)[C@H](NC(=O)[C@H](Cc1ccccc1)NC(=O)[C@@H](NC(=O)[C@H](CCCCN)NC(=O)[C@@H](Cc1c[nH]c2ccccc12)NC(=O)[C@H](Cc1ccccc1)NC(=O)[C@H](Cc1ccccc1)NC(=O)[C@H](Cc1ccc(O)cc1)NC(=O)[C@H](CCCNC(=N)N)NC(=O)[C@@H](N)CS)[C@@H](C)O)C(=O)N[C@@H](CO)C(=O)N[C@@H](CS)C(=O)O. The lowest BCUT2D eigenvalue weighted by molar-refractivity contribution is -0.142. The van der Waals surface area contributed by atoms with Crippen LogP contribution in [-0.2, 0) is 89.6 Å². The van der Waals surface area contributed by atoms with Gasteiger partial charge in [0.1, 0.15) is 72.2 Å². The van der Waals surface area contributed by atoms with Crippen molar-refractivity contribution in [1.82, 2.24) is 68.8 Å². The molecule has 6 aromatic rings. The van der Waals surface area contributed by atoms with Crippen LogP contribution in [0.3, 0.4) is 0 Å². The lowest BCUT2D eigenvalue weighted by Gasteiger charge is -2.29. The highest BCUT2D eigenvalue weighted by molar-refractivity contribution is 7.80. The average molecular weight is 1590 g/mol. The number of phenolic OH excluding ortho intramolecular Hbond substituents is 1. The quantitative estimate of drug-likeness (QED) is 0.00791. The van der Waals surface area contributed by atoms with E-state index in [9.17, 15) is 63.9 Å². The van der Waals surface area contributed by atoms with Crippen LogP contribution in [0, 0.1) is 5.41 Å². The Morgan fingerprint density at radius 1 is 0.438 bits per heavy atom. The van der Waals surface area contributed by atoms with E-state index in [1.54, 1.807) is 121 Å². The number of carboxylic acid groups (broad SMARTS) is 1. The highest BCUT2D eigenvalue weighted by Crippen LogP contribution is 2.21. The summed E-state index contributed by atoms with van der Waals surface area (Å²) in [6.07, 6.45) is -2.46. The smallest absolute Gasteiger partial charge is 0.327 e. The summed E-state index contributed by atoms with van der Waals surface area (Å²) in [6, 6.07) is 19.2. The number of aromatic hydroxyl groups is 1. The van der Waals surface area contributed by atoms with E-state index < -0.39 is 162 Å². The van der Waals surface area contributed by atoms with E-state index >= 15 is 19.2 Å². The average Bonchev–Trinajstić information content (AvgIpc) is 1.66. The maximum Gasteiger partial charge on any atom is 0.327 e. The Morgan fingerprint density at radius 3 is 1.21 bits per heavy atom. The van der Waals surface area contributed by atoms with Crippen molar-refractivity contribution in [3.8, 4) is 5.75 Å². The Labute approximate surface area is 657 Å². The Bertz CT molecular complexity index is 4130. The van der Waals surface area contributed by atoms with Gasteiger partial charge in [-0.2, -0.15) is 25.3 Å². The molecule has 0 fully saturated rings. The lowest BCUT2D eigenvalue weighted by atomic mass is 9.99. The van der Waals surface area contributed by atoms with Crippen molar-refractivity contribution >= 4 is 113 Å². The first kappa shape index (κ1) is 89.7. The van der Waals surface area contributed by atoms with Crippen molar-refractivity contribution in [2.45, 2.75) is 163 Å². The Kier molecular flexibility index (Phi) is 36.8. The van der Waals surface area contributed by atoms with Crippen LogP contribution < -0.4 is 81.0 Å². The fourth-order valence-electron chi connectivity index (χ4n) is 11.8. The molecule has 0 radical (unpaired) electrons. The summed E-state index contributed by atoms with van der Waals surface area (Å²) in [5.41, 5.74) is 20.5. The van der Waals surface area contributed by atoms with Crippen LogP contribution in [0.25, 0.3) is 10.9 Å². The molecule has 5 aromatic carbocycles. The minimum absolute atomic E-state index is 0.0282. The van der Waals surface area contributed by atoms with E-state index in [4.69, 9.17) is 22.6 Å². The summed E-state index contributed by atoms with van der Waals surface area (Å²) in [5.74, 6) is -13.2. The molecule has 0 saturated carbocycles. The zero-order chi connectivity index (χ0) is 82.0. The first-order valence-electron chi connectivity index (χ1n) is 36.3. The number of nitrogens with two attached hydrogens (primary N) is 3. The van der Waals surface area contributed by atoms with Gasteiger partial charge in [0.25, 0.3) is 0 Å². The number of amides is 11. The van der Waals surface area contributed by atoms with Crippen molar-refractivity contribution in [3.05, 3.63) is 174 Å². The van der Waals surface area contributed by atoms with Crippen LogP contribution in [0.5, 0.6) is 5.75 Å². The second kappa shape index (κ2) is 45.9. The number of benzene rings is 5. The molecule has 25 N–H and O–H groups in total. The van der Waals surface area contributed by atoms with Crippen LogP contribution in [0.1, 0.15) is 73.8 Å². The van der Waals surface area contributed by atoms with Crippen LogP contribution in [0.15, 0.2) is 146 Å². The topological polar surface area (TPSA) is 568 Å². The molecule has 34 nitrogen and oxygen atoms in total. The number of phenols is 1. The van der Waals surface area contributed by atoms with Gasteiger partial charge in [-0.05, 0) is 98.5 Å². The number of thiol groups is 2. The summed E-state index contributed by atoms with van der Waals surface area (Å²) >= 11 is 8.02. The predicted octanol–water partition coefficient (Wildman–Crippen LogP) is -2.86. The van der Waals surface area contributed by atoms with E-state index in [-0.39, 0.29) is 94.1 Å². The van der Waals surface area contributed by atoms with Crippen molar-refractivity contribution in [3.63, 3.8) is 0 Å². The number of hydrogen-bond donors (Lipinski definition) is 24. The van der Waals surface area contributed by atoms with Gasteiger partial charge in [-0.15, -0.1) is 0 Å². The third-order valence-electron chi connectivity index (χ3n) is 18.0. The minimum atomic E-state index is -1.89. The van der Waals surface area contributed by atoms with Crippen molar-refractivity contribution in [1.29, 1.82) is 5.41 Å². The molecule has 1 heterocycles. The summed E-state index contributed by atoms with van der Waals surface area (Å²) in [5, 5.41) is 90.8. The summed E-state index contributed by atoms with van der Waals surface area (Å²) in [4.78, 5) is 174. The highest BCUT2D eigenvalue weighted by atomic mass is 32.1. The molecular weight excluding hydrogens is 1490 g/mol. The number of nitrogens with one attached hydrogen (secondary N) is 14. The third-order valence-corrected chi connectivity index (χ3v) is 18.7. The lowest BCUT2D eigenvalue weighted by Crippen LogP contribution is -2.63. The molecule has 0 aliphatic carbocycles. The molecule has 0 unspecified atom stereocenters. The fourth-order valence-corrected chi connectivity index (χ4v) is 12.2. The van der Waals surface area contributed by atoms with Gasteiger partial charge in [0, 0.05) is 67.3 Å². The zero-order valence-corrected chi connectivity index (χ0v) is 63.6. The number of hydrogen-bond acceptors (Lipinski definition) is 21. The normalized spacial score (nSPS) is 14.9. The second-order valence-corrected chi connectivity index (χ2v) is 27.5. The number of H-pyrrole nitrogens is 1. The number of rotatable bonds is 46. The van der Waals surface area contributed by atoms with Gasteiger partial charge in [-0.1, -0.05) is 121 Å². The van der Waals surface area contributed by atoms with Gasteiger partial charge in [0.15, 0.2) is 5.96 Å². The molecule has 36 heteroatoms. The molecule has 1 aromatic heterocycles. The van der Waals surface area contributed by atoms with E-state index in [0.29, 0.717) is 45.1 Å². The first-order valence-corrected chi connectivity index (χ1v) is 37.5. The summed E-state index contributed by atoms with van der Waals surface area (Å²) < 4.78 is 0. The van der Waals surface area contributed by atoms with E-state index in [2.05, 4.69) is 94.0 Å².